The summed E-state index contributed by atoms with van der Waals surface area (Å²) in [4.78, 5) is 0. The predicted molar refractivity (Wildman–Crippen MR) is 57.4 cm³/mol. The standard InChI is InChI=1S/C11H23NO2/c1-3-12-9-11(2,13)7-6-10-5-4-8-14-10/h10,12-13H,3-9H2,1-2H3. The van der Waals surface area contributed by atoms with Gasteiger partial charge < -0.3 is 15.2 Å². The molecule has 2 N–H and O–H groups in total. The fraction of sp³-hybridized carbons (Fsp3) is 1.00. The third-order valence-electron chi connectivity index (χ3n) is 2.78. The van der Waals surface area contributed by atoms with Gasteiger partial charge in [-0.05, 0) is 39.2 Å². The molecule has 0 bridgehead atoms. The fourth-order valence-electron chi connectivity index (χ4n) is 1.83. The van der Waals surface area contributed by atoms with Gasteiger partial charge in [0.15, 0.2) is 0 Å². The van der Waals surface area contributed by atoms with Gasteiger partial charge in [0.05, 0.1) is 11.7 Å². The van der Waals surface area contributed by atoms with Crippen LogP contribution < -0.4 is 5.32 Å². The highest BCUT2D eigenvalue weighted by molar-refractivity contribution is 4.78. The Bertz CT molecular complexity index is 153. The molecule has 14 heavy (non-hydrogen) atoms. The van der Waals surface area contributed by atoms with Crippen LogP contribution in [0.5, 0.6) is 0 Å². The van der Waals surface area contributed by atoms with Crippen LogP contribution in [0.2, 0.25) is 0 Å². The largest absolute Gasteiger partial charge is 0.389 e. The van der Waals surface area contributed by atoms with Crippen LogP contribution in [0.15, 0.2) is 0 Å². The molecule has 1 aliphatic rings. The van der Waals surface area contributed by atoms with E-state index in [-0.39, 0.29) is 0 Å². The van der Waals surface area contributed by atoms with Crippen molar-refractivity contribution >= 4 is 0 Å². The van der Waals surface area contributed by atoms with Crippen LogP contribution in [-0.2, 0) is 4.74 Å². The van der Waals surface area contributed by atoms with Gasteiger partial charge in [-0.3, -0.25) is 0 Å². The van der Waals surface area contributed by atoms with Gasteiger partial charge in [0, 0.05) is 13.2 Å². The van der Waals surface area contributed by atoms with Gasteiger partial charge in [-0.15, -0.1) is 0 Å². The number of ether oxygens (including phenoxy) is 1. The number of hydrogen-bond donors (Lipinski definition) is 2. The molecule has 2 atom stereocenters. The van der Waals surface area contributed by atoms with Crippen LogP contribution in [-0.4, -0.2) is 36.5 Å². The summed E-state index contributed by atoms with van der Waals surface area (Å²) < 4.78 is 5.52. The number of rotatable bonds is 6. The Morgan fingerprint density at radius 1 is 1.57 bits per heavy atom. The van der Waals surface area contributed by atoms with E-state index in [4.69, 9.17) is 4.74 Å². The molecule has 1 heterocycles. The van der Waals surface area contributed by atoms with E-state index in [1.165, 1.54) is 6.42 Å². The lowest BCUT2D eigenvalue weighted by atomic mass is 9.97. The Morgan fingerprint density at radius 2 is 2.36 bits per heavy atom. The van der Waals surface area contributed by atoms with Crippen LogP contribution in [0.1, 0.15) is 39.5 Å². The molecule has 84 valence electrons. The highest BCUT2D eigenvalue weighted by Crippen LogP contribution is 2.21. The molecule has 0 aromatic heterocycles. The Balaban J connectivity index is 2.14. The topological polar surface area (TPSA) is 41.5 Å². The van der Waals surface area contributed by atoms with Crippen LogP contribution in [0, 0.1) is 0 Å². The molecule has 0 aromatic carbocycles. The van der Waals surface area contributed by atoms with Crippen LogP contribution in [0.4, 0.5) is 0 Å². The lowest BCUT2D eigenvalue weighted by Gasteiger charge is -2.24. The van der Waals surface area contributed by atoms with E-state index in [0.717, 1.165) is 32.4 Å². The third kappa shape index (κ3) is 4.40. The van der Waals surface area contributed by atoms with Crippen LogP contribution >= 0.6 is 0 Å². The maximum atomic E-state index is 9.99. The molecule has 0 aliphatic carbocycles. The maximum absolute atomic E-state index is 9.99. The second-order valence-electron chi connectivity index (χ2n) is 4.45. The zero-order valence-corrected chi connectivity index (χ0v) is 9.38. The first kappa shape index (κ1) is 12.0. The first-order valence-electron chi connectivity index (χ1n) is 5.69. The highest BCUT2D eigenvalue weighted by Gasteiger charge is 2.23. The Kier molecular flexibility index (Phi) is 4.85. The van der Waals surface area contributed by atoms with Crippen LogP contribution in [0.3, 0.4) is 0 Å². The van der Waals surface area contributed by atoms with Crippen molar-refractivity contribution in [1.29, 1.82) is 0 Å². The lowest BCUT2D eigenvalue weighted by molar-refractivity contribution is 0.0259. The van der Waals surface area contributed by atoms with Gasteiger partial charge in [-0.1, -0.05) is 6.92 Å². The minimum absolute atomic E-state index is 0.392. The van der Waals surface area contributed by atoms with Gasteiger partial charge in [0.25, 0.3) is 0 Å². The molecule has 0 aromatic rings. The molecule has 2 unspecified atom stereocenters. The zero-order chi connectivity index (χ0) is 10.4. The van der Waals surface area contributed by atoms with Gasteiger partial charge in [0.2, 0.25) is 0 Å². The van der Waals surface area contributed by atoms with Crippen molar-refractivity contribution in [3.63, 3.8) is 0 Å². The van der Waals surface area contributed by atoms with Crippen molar-refractivity contribution in [3.05, 3.63) is 0 Å². The normalized spacial score (nSPS) is 26.4. The molecule has 0 radical (unpaired) electrons. The van der Waals surface area contributed by atoms with Crippen molar-refractivity contribution in [2.75, 3.05) is 19.7 Å². The average Bonchev–Trinajstić information content (AvgIpc) is 2.64. The molecule has 1 aliphatic heterocycles. The number of aliphatic hydroxyl groups is 1. The SMILES string of the molecule is CCNCC(C)(O)CCC1CCCO1. The Labute approximate surface area is 86.8 Å². The van der Waals surface area contributed by atoms with Crippen molar-refractivity contribution in [1.82, 2.24) is 5.32 Å². The second-order valence-corrected chi connectivity index (χ2v) is 4.45. The van der Waals surface area contributed by atoms with Crippen molar-refractivity contribution in [2.45, 2.75) is 51.2 Å². The van der Waals surface area contributed by atoms with E-state index < -0.39 is 5.60 Å². The number of nitrogens with one attached hydrogen (secondary N) is 1. The molecular formula is C11H23NO2. The number of hydrogen-bond acceptors (Lipinski definition) is 3. The molecule has 1 saturated heterocycles. The van der Waals surface area contributed by atoms with E-state index in [1.807, 2.05) is 6.92 Å². The molecule has 1 rings (SSSR count). The summed E-state index contributed by atoms with van der Waals surface area (Å²) in [6.45, 7) is 6.44. The summed E-state index contributed by atoms with van der Waals surface area (Å²) in [7, 11) is 0. The van der Waals surface area contributed by atoms with Crippen molar-refractivity contribution < 1.29 is 9.84 Å². The van der Waals surface area contributed by atoms with Gasteiger partial charge in [-0.25, -0.2) is 0 Å². The minimum Gasteiger partial charge on any atom is -0.389 e. The summed E-state index contributed by atoms with van der Waals surface area (Å²) in [6, 6.07) is 0. The first-order valence-corrected chi connectivity index (χ1v) is 5.69. The van der Waals surface area contributed by atoms with Crippen LogP contribution in [0.25, 0.3) is 0 Å². The summed E-state index contributed by atoms with van der Waals surface area (Å²) in [5, 5.41) is 13.2. The lowest BCUT2D eigenvalue weighted by Crippen LogP contribution is -2.38. The summed E-state index contributed by atoms with van der Waals surface area (Å²) >= 11 is 0. The van der Waals surface area contributed by atoms with E-state index in [2.05, 4.69) is 12.2 Å². The summed E-state index contributed by atoms with van der Waals surface area (Å²) in [5.41, 5.74) is -0.581. The Morgan fingerprint density at radius 3 is 2.93 bits per heavy atom. The van der Waals surface area contributed by atoms with Crippen molar-refractivity contribution in [3.8, 4) is 0 Å². The summed E-state index contributed by atoms with van der Waals surface area (Å²) in [6.07, 6.45) is 4.54. The second kappa shape index (κ2) is 5.69. The molecule has 3 heteroatoms. The molecule has 0 saturated carbocycles. The van der Waals surface area contributed by atoms with Gasteiger partial charge >= 0.3 is 0 Å². The van der Waals surface area contributed by atoms with E-state index in [9.17, 15) is 5.11 Å². The zero-order valence-electron chi connectivity index (χ0n) is 9.38. The molecule has 0 amide bonds. The first-order chi connectivity index (χ1) is 6.64. The highest BCUT2D eigenvalue weighted by atomic mass is 16.5. The molecule has 0 spiro atoms. The minimum atomic E-state index is -0.581. The quantitative estimate of drug-likeness (QED) is 0.681. The molecule has 1 fully saturated rings. The van der Waals surface area contributed by atoms with E-state index in [0.29, 0.717) is 12.6 Å². The fourth-order valence-corrected chi connectivity index (χ4v) is 1.83. The van der Waals surface area contributed by atoms with Gasteiger partial charge in [-0.2, -0.15) is 0 Å². The number of likely N-dealkylation sites (N-methyl/N-ethyl adjacent to an activating group) is 1. The maximum Gasteiger partial charge on any atom is 0.0744 e. The Hall–Kier alpha value is -0.120. The third-order valence-corrected chi connectivity index (χ3v) is 2.78. The monoisotopic (exact) mass is 201 g/mol. The predicted octanol–water partition coefficient (Wildman–Crippen LogP) is 1.31. The van der Waals surface area contributed by atoms with Gasteiger partial charge in [0.1, 0.15) is 0 Å². The molecular weight excluding hydrogens is 178 g/mol. The van der Waals surface area contributed by atoms with E-state index in [1.54, 1.807) is 0 Å². The van der Waals surface area contributed by atoms with Crippen molar-refractivity contribution in [2.24, 2.45) is 0 Å². The average molecular weight is 201 g/mol. The van der Waals surface area contributed by atoms with E-state index >= 15 is 0 Å². The smallest absolute Gasteiger partial charge is 0.0744 e. The molecule has 3 nitrogen and oxygen atoms in total. The summed E-state index contributed by atoms with van der Waals surface area (Å²) in [5.74, 6) is 0.